The van der Waals surface area contributed by atoms with Crippen molar-refractivity contribution < 1.29 is 9.18 Å². The second kappa shape index (κ2) is 5.98. The van der Waals surface area contributed by atoms with E-state index in [4.69, 9.17) is 0 Å². The zero-order valence-electron chi connectivity index (χ0n) is 12.9. The number of aromatic amines is 1. The third kappa shape index (κ3) is 2.61. The van der Waals surface area contributed by atoms with Crippen LogP contribution in [0.5, 0.6) is 0 Å². The second-order valence-corrected chi connectivity index (χ2v) is 6.55. The highest BCUT2D eigenvalue weighted by molar-refractivity contribution is 7.18. The van der Waals surface area contributed by atoms with Crippen molar-refractivity contribution >= 4 is 27.3 Å². The largest absolute Gasteiger partial charge is 0.308 e. The molecule has 24 heavy (non-hydrogen) atoms. The zero-order valence-corrected chi connectivity index (χ0v) is 13.7. The average Bonchev–Trinajstić information content (AvgIpc) is 2.83. The number of benzene rings is 1. The van der Waals surface area contributed by atoms with Crippen LogP contribution in [0.2, 0.25) is 0 Å². The molecule has 2 heterocycles. The Labute approximate surface area is 140 Å². The normalized spacial score (nSPS) is 12.1. The van der Waals surface area contributed by atoms with E-state index in [1.807, 2.05) is 19.9 Å². The van der Waals surface area contributed by atoms with Crippen LogP contribution in [0.25, 0.3) is 10.2 Å². The number of nitriles is 1. The van der Waals surface area contributed by atoms with Crippen molar-refractivity contribution in [1.29, 1.82) is 5.26 Å². The van der Waals surface area contributed by atoms with Crippen LogP contribution >= 0.6 is 11.3 Å². The minimum atomic E-state index is -1.25. The van der Waals surface area contributed by atoms with E-state index in [0.29, 0.717) is 10.2 Å². The number of carbonyl (C=O) groups is 1. The summed E-state index contributed by atoms with van der Waals surface area (Å²) in [6.07, 6.45) is 0. The van der Waals surface area contributed by atoms with Gasteiger partial charge in [-0.05, 0) is 43.7 Å². The fourth-order valence-electron chi connectivity index (χ4n) is 2.43. The molecule has 0 radical (unpaired) electrons. The number of hydrogen-bond acceptors (Lipinski definition) is 5. The van der Waals surface area contributed by atoms with Gasteiger partial charge >= 0.3 is 0 Å². The molecule has 1 N–H and O–H groups in total. The molecule has 0 fully saturated rings. The SMILES string of the molecule is Cc1sc2nc([C@H](C#N)C(=O)c3ccc(F)cc3)[nH]c(=O)c2c1C. The van der Waals surface area contributed by atoms with Crippen LogP contribution in [0.1, 0.15) is 32.5 Å². The van der Waals surface area contributed by atoms with E-state index in [0.717, 1.165) is 22.6 Å². The molecule has 5 nitrogen and oxygen atoms in total. The van der Waals surface area contributed by atoms with E-state index < -0.39 is 17.5 Å². The maximum absolute atomic E-state index is 13.0. The van der Waals surface area contributed by atoms with Crippen LogP contribution in [0.4, 0.5) is 4.39 Å². The summed E-state index contributed by atoms with van der Waals surface area (Å²) >= 11 is 1.34. The molecule has 120 valence electrons. The summed E-state index contributed by atoms with van der Waals surface area (Å²) in [5, 5.41) is 9.86. The smallest absolute Gasteiger partial charge is 0.259 e. The summed E-state index contributed by atoms with van der Waals surface area (Å²) in [5.41, 5.74) is 0.655. The number of fused-ring (bicyclic) bond motifs is 1. The molecule has 1 aromatic carbocycles. The molecule has 2 aromatic heterocycles. The first-order valence-electron chi connectivity index (χ1n) is 7.11. The third-order valence-electron chi connectivity index (χ3n) is 3.85. The zero-order chi connectivity index (χ0) is 17.4. The van der Waals surface area contributed by atoms with Gasteiger partial charge in [0.05, 0.1) is 11.5 Å². The van der Waals surface area contributed by atoms with Crippen molar-refractivity contribution in [2.45, 2.75) is 19.8 Å². The first-order valence-corrected chi connectivity index (χ1v) is 7.93. The van der Waals surface area contributed by atoms with Gasteiger partial charge in [-0.1, -0.05) is 0 Å². The third-order valence-corrected chi connectivity index (χ3v) is 4.95. The van der Waals surface area contributed by atoms with Gasteiger partial charge < -0.3 is 4.98 Å². The number of H-pyrrole nitrogens is 1. The van der Waals surface area contributed by atoms with Crippen LogP contribution < -0.4 is 5.56 Å². The lowest BCUT2D eigenvalue weighted by molar-refractivity contribution is 0.0976. The molecule has 0 saturated carbocycles. The minimum Gasteiger partial charge on any atom is -0.308 e. The van der Waals surface area contributed by atoms with E-state index in [-0.39, 0.29) is 16.9 Å². The molecule has 0 amide bonds. The number of nitrogens with zero attached hydrogens (tertiary/aromatic N) is 2. The molecule has 0 aliphatic rings. The summed E-state index contributed by atoms with van der Waals surface area (Å²) in [5.74, 6) is -2.26. The van der Waals surface area contributed by atoms with Gasteiger partial charge in [0, 0.05) is 10.4 Å². The number of rotatable bonds is 3. The van der Waals surface area contributed by atoms with Crippen molar-refractivity contribution in [2.24, 2.45) is 0 Å². The number of aryl methyl sites for hydroxylation is 2. The van der Waals surface area contributed by atoms with E-state index in [9.17, 15) is 19.2 Å². The molecule has 0 spiro atoms. The van der Waals surface area contributed by atoms with Crippen LogP contribution in [-0.2, 0) is 0 Å². The van der Waals surface area contributed by atoms with Gasteiger partial charge in [-0.15, -0.1) is 11.3 Å². The molecule has 1 atom stereocenters. The monoisotopic (exact) mass is 341 g/mol. The molecule has 0 aliphatic heterocycles. The highest BCUT2D eigenvalue weighted by Gasteiger charge is 2.25. The highest BCUT2D eigenvalue weighted by Crippen LogP contribution is 2.27. The molecule has 0 bridgehead atoms. The van der Waals surface area contributed by atoms with Crippen LogP contribution in [0.15, 0.2) is 29.1 Å². The van der Waals surface area contributed by atoms with Gasteiger partial charge in [0.15, 0.2) is 11.7 Å². The van der Waals surface area contributed by atoms with Crippen molar-refractivity contribution in [3.63, 3.8) is 0 Å². The molecule has 7 heteroatoms. The first-order chi connectivity index (χ1) is 11.4. The number of aromatic nitrogens is 2. The Morgan fingerprint density at radius 1 is 1.33 bits per heavy atom. The maximum Gasteiger partial charge on any atom is 0.259 e. The molecule has 3 aromatic rings. The lowest BCUT2D eigenvalue weighted by Crippen LogP contribution is -2.19. The van der Waals surface area contributed by atoms with Crippen LogP contribution in [-0.4, -0.2) is 15.8 Å². The molecular weight excluding hydrogens is 329 g/mol. The summed E-state index contributed by atoms with van der Waals surface area (Å²) in [7, 11) is 0. The minimum absolute atomic E-state index is 0.00516. The molecule has 0 aliphatic carbocycles. The molecular formula is C17H12FN3O2S. The van der Waals surface area contributed by atoms with Crippen molar-refractivity contribution in [1.82, 2.24) is 9.97 Å². The van der Waals surface area contributed by atoms with Gasteiger partial charge in [0.1, 0.15) is 16.5 Å². The Balaban J connectivity index is 2.10. The Bertz CT molecular complexity index is 1040. The van der Waals surface area contributed by atoms with Crippen molar-refractivity contribution in [2.75, 3.05) is 0 Å². The quantitative estimate of drug-likeness (QED) is 0.741. The summed E-state index contributed by atoms with van der Waals surface area (Å²) < 4.78 is 13.0. The summed E-state index contributed by atoms with van der Waals surface area (Å²) in [6, 6.07) is 6.77. The van der Waals surface area contributed by atoms with Crippen LogP contribution in [0.3, 0.4) is 0 Å². The Hall–Kier alpha value is -2.85. The number of nitrogens with one attached hydrogen (secondary N) is 1. The number of Topliss-reactive ketones (excluding diaryl/α,β-unsaturated/α-hetero) is 1. The molecule has 0 unspecified atom stereocenters. The maximum atomic E-state index is 13.0. The number of halogens is 1. The van der Waals surface area contributed by atoms with Crippen LogP contribution in [0, 0.1) is 31.0 Å². The molecule has 3 rings (SSSR count). The van der Waals surface area contributed by atoms with Crippen molar-refractivity contribution in [3.8, 4) is 6.07 Å². The van der Waals surface area contributed by atoms with Gasteiger partial charge in [-0.25, -0.2) is 9.37 Å². The lowest BCUT2D eigenvalue weighted by atomic mass is 9.98. The predicted octanol–water partition coefficient (Wildman–Crippen LogP) is 3.23. The van der Waals surface area contributed by atoms with Gasteiger partial charge in [0.25, 0.3) is 5.56 Å². The highest BCUT2D eigenvalue weighted by atomic mass is 32.1. The fraction of sp³-hybridized carbons (Fsp3) is 0.176. The number of thiophene rings is 1. The lowest BCUT2D eigenvalue weighted by Gasteiger charge is -2.08. The van der Waals surface area contributed by atoms with Crippen molar-refractivity contribution in [3.05, 3.63) is 62.3 Å². The number of hydrogen-bond donors (Lipinski definition) is 1. The van der Waals surface area contributed by atoms with E-state index in [1.54, 1.807) is 0 Å². The second-order valence-electron chi connectivity index (χ2n) is 5.35. The average molecular weight is 341 g/mol. The van der Waals surface area contributed by atoms with Gasteiger partial charge in [0.2, 0.25) is 0 Å². The Morgan fingerprint density at radius 3 is 2.62 bits per heavy atom. The fourth-order valence-corrected chi connectivity index (χ4v) is 3.47. The Morgan fingerprint density at radius 2 is 2.00 bits per heavy atom. The van der Waals surface area contributed by atoms with Gasteiger partial charge in [-0.3, -0.25) is 9.59 Å². The van der Waals surface area contributed by atoms with E-state index >= 15 is 0 Å². The number of ketones is 1. The number of carbonyl (C=O) groups excluding carboxylic acids is 1. The van der Waals surface area contributed by atoms with Gasteiger partial charge in [-0.2, -0.15) is 5.26 Å². The predicted molar refractivity (Wildman–Crippen MR) is 88.8 cm³/mol. The standard InChI is InChI=1S/C17H12FN3O2S/c1-8-9(2)24-17-13(8)16(23)20-15(21-17)12(7-19)14(22)10-3-5-11(18)6-4-10/h3-6,12H,1-2H3,(H,20,21,23)/t12-/m1/s1. The van der Waals surface area contributed by atoms with E-state index in [1.165, 1.54) is 23.5 Å². The first kappa shape index (κ1) is 16.0. The summed E-state index contributed by atoms with van der Waals surface area (Å²) in [6.45, 7) is 3.71. The molecule has 0 saturated heterocycles. The topological polar surface area (TPSA) is 86.6 Å². The van der Waals surface area contributed by atoms with E-state index in [2.05, 4.69) is 9.97 Å². The Kier molecular flexibility index (Phi) is 3.99. The summed E-state index contributed by atoms with van der Waals surface area (Å²) in [4.78, 5) is 33.1.